The number of furan rings is 1. The fourth-order valence-corrected chi connectivity index (χ4v) is 3.65. The van der Waals surface area contributed by atoms with E-state index in [0.717, 1.165) is 11.8 Å². The van der Waals surface area contributed by atoms with Crippen molar-refractivity contribution in [1.82, 2.24) is 20.4 Å². The van der Waals surface area contributed by atoms with Crippen molar-refractivity contribution in [3.8, 4) is 0 Å². The van der Waals surface area contributed by atoms with Crippen LogP contribution < -0.4 is 16.4 Å². The summed E-state index contributed by atoms with van der Waals surface area (Å²) in [5.74, 6) is -1.53. The second-order valence-electron chi connectivity index (χ2n) is 7.20. The number of carbonyl (C=O) groups is 3. The molecule has 0 fully saturated rings. The molecule has 168 valence electrons. The second kappa shape index (κ2) is 10.1. The van der Waals surface area contributed by atoms with Crippen LogP contribution in [0.3, 0.4) is 0 Å². The predicted octanol–water partition coefficient (Wildman–Crippen LogP) is 1.99. The summed E-state index contributed by atoms with van der Waals surface area (Å²) in [6, 6.07) is 7.55. The van der Waals surface area contributed by atoms with Gasteiger partial charge in [0.2, 0.25) is 5.91 Å². The third-order valence-electron chi connectivity index (χ3n) is 4.28. The van der Waals surface area contributed by atoms with Crippen LogP contribution >= 0.6 is 11.8 Å². The zero-order chi connectivity index (χ0) is 23.3. The average Bonchev–Trinajstić information content (AvgIpc) is 3.32. The Kier molecular flexibility index (Phi) is 7.31. The molecule has 1 aromatic carbocycles. The van der Waals surface area contributed by atoms with Gasteiger partial charge in [-0.1, -0.05) is 25.6 Å². The summed E-state index contributed by atoms with van der Waals surface area (Å²) in [4.78, 5) is 53.4. The lowest BCUT2D eigenvalue weighted by molar-refractivity contribution is -0.119. The molecule has 0 unspecified atom stereocenters. The number of rotatable bonds is 7. The van der Waals surface area contributed by atoms with Gasteiger partial charge in [0.05, 0.1) is 35.6 Å². The van der Waals surface area contributed by atoms with Gasteiger partial charge in [-0.15, -0.1) is 0 Å². The molecule has 3 aromatic rings. The van der Waals surface area contributed by atoms with Crippen LogP contribution in [0.25, 0.3) is 10.9 Å². The van der Waals surface area contributed by atoms with Crippen LogP contribution in [-0.4, -0.2) is 40.2 Å². The Morgan fingerprint density at radius 3 is 2.66 bits per heavy atom. The number of hydrazine groups is 1. The Morgan fingerprint density at radius 2 is 2.00 bits per heavy atom. The van der Waals surface area contributed by atoms with E-state index in [-0.39, 0.29) is 28.6 Å². The zero-order valence-electron chi connectivity index (χ0n) is 17.7. The van der Waals surface area contributed by atoms with E-state index in [1.54, 1.807) is 12.1 Å². The van der Waals surface area contributed by atoms with E-state index in [0.29, 0.717) is 22.6 Å². The molecule has 0 atom stereocenters. The van der Waals surface area contributed by atoms with E-state index < -0.39 is 17.8 Å². The van der Waals surface area contributed by atoms with Crippen molar-refractivity contribution >= 4 is 40.4 Å². The maximum atomic E-state index is 13.1. The Labute approximate surface area is 187 Å². The van der Waals surface area contributed by atoms with Gasteiger partial charge in [-0.25, -0.2) is 9.78 Å². The number of hydrogen-bond acceptors (Lipinski definition) is 8. The van der Waals surface area contributed by atoms with Crippen molar-refractivity contribution < 1.29 is 23.5 Å². The quantitative estimate of drug-likeness (QED) is 0.238. The summed E-state index contributed by atoms with van der Waals surface area (Å²) in [5.41, 5.74) is 4.86. The van der Waals surface area contributed by atoms with Crippen molar-refractivity contribution in [2.45, 2.75) is 25.5 Å². The van der Waals surface area contributed by atoms with Gasteiger partial charge >= 0.3 is 11.9 Å². The van der Waals surface area contributed by atoms with E-state index in [4.69, 9.17) is 9.15 Å². The van der Waals surface area contributed by atoms with Gasteiger partial charge in [-0.3, -0.25) is 29.8 Å². The van der Waals surface area contributed by atoms with Gasteiger partial charge in [-0.05, 0) is 36.2 Å². The van der Waals surface area contributed by atoms with Gasteiger partial charge in [0.15, 0.2) is 10.9 Å². The van der Waals surface area contributed by atoms with Crippen LogP contribution in [0.1, 0.15) is 34.8 Å². The number of nitrogens with one attached hydrogen (secondary N) is 2. The fraction of sp³-hybridized carbons (Fsp3) is 0.286. The minimum absolute atomic E-state index is 0.0568. The Hall–Kier alpha value is -3.60. The minimum Gasteiger partial charge on any atom is -0.465 e. The number of amides is 2. The summed E-state index contributed by atoms with van der Waals surface area (Å²) >= 11 is 1.04. The summed E-state index contributed by atoms with van der Waals surface area (Å²) in [7, 11) is 1.27. The Balaban J connectivity index is 1.81. The van der Waals surface area contributed by atoms with E-state index in [1.807, 2.05) is 13.8 Å². The summed E-state index contributed by atoms with van der Waals surface area (Å²) < 4.78 is 11.2. The molecule has 0 saturated heterocycles. The summed E-state index contributed by atoms with van der Waals surface area (Å²) in [5, 5.41) is 0.684. The van der Waals surface area contributed by atoms with Crippen LogP contribution in [0.5, 0.6) is 0 Å². The molecule has 0 aliphatic carbocycles. The first kappa shape index (κ1) is 23.1. The number of aromatic nitrogens is 2. The molecule has 0 spiro atoms. The molecule has 2 heterocycles. The molecule has 0 saturated carbocycles. The molecule has 0 aliphatic heterocycles. The van der Waals surface area contributed by atoms with Crippen LogP contribution in [0, 0.1) is 5.92 Å². The first-order valence-corrected chi connectivity index (χ1v) is 10.7. The van der Waals surface area contributed by atoms with E-state index >= 15 is 0 Å². The lowest BCUT2D eigenvalue weighted by atomic mass is 10.1. The third-order valence-corrected chi connectivity index (χ3v) is 5.26. The molecule has 32 heavy (non-hydrogen) atoms. The van der Waals surface area contributed by atoms with Gasteiger partial charge in [-0.2, -0.15) is 0 Å². The molecule has 2 aromatic heterocycles. The SMILES string of the molecule is COC(=O)c1ccc2c(=O)n(CC(C)C)c(SCC(=O)NNC(=O)c3ccco3)nc2c1. The smallest absolute Gasteiger partial charge is 0.337 e. The maximum Gasteiger partial charge on any atom is 0.337 e. The molecule has 2 N–H and O–H groups in total. The molecule has 0 radical (unpaired) electrons. The lowest BCUT2D eigenvalue weighted by Crippen LogP contribution is -2.42. The van der Waals surface area contributed by atoms with Crippen LogP contribution in [0.15, 0.2) is 51.0 Å². The standard InChI is InChI=1S/C21H22N4O6S/c1-12(2)10-25-19(28)14-7-6-13(20(29)30-3)9-15(14)22-21(25)32-11-17(26)23-24-18(27)16-5-4-8-31-16/h4-9,12H,10-11H2,1-3H3,(H,23,26)(H,24,27). The molecule has 2 amide bonds. The lowest BCUT2D eigenvalue weighted by Gasteiger charge is -2.15. The van der Waals surface area contributed by atoms with Crippen molar-refractivity contribution in [3.63, 3.8) is 0 Å². The highest BCUT2D eigenvalue weighted by Gasteiger charge is 2.17. The second-order valence-corrected chi connectivity index (χ2v) is 8.14. The molecule has 3 rings (SSSR count). The first-order valence-electron chi connectivity index (χ1n) is 9.68. The van der Waals surface area contributed by atoms with E-state index in [9.17, 15) is 19.2 Å². The summed E-state index contributed by atoms with van der Waals surface area (Å²) in [6.45, 7) is 4.32. The monoisotopic (exact) mass is 458 g/mol. The number of ether oxygens (including phenoxy) is 1. The van der Waals surface area contributed by atoms with Crippen molar-refractivity contribution in [2.24, 2.45) is 5.92 Å². The number of fused-ring (bicyclic) bond motifs is 1. The molecular weight excluding hydrogens is 436 g/mol. The largest absolute Gasteiger partial charge is 0.465 e. The normalized spacial score (nSPS) is 10.9. The molecule has 11 heteroatoms. The highest BCUT2D eigenvalue weighted by Crippen LogP contribution is 2.20. The van der Waals surface area contributed by atoms with Crippen molar-refractivity contribution in [3.05, 3.63) is 58.3 Å². The van der Waals surface area contributed by atoms with Gasteiger partial charge in [0.25, 0.3) is 5.56 Å². The molecule has 0 aliphatic rings. The number of hydrogen-bond donors (Lipinski definition) is 2. The number of thioether (sulfide) groups is 1. The Bertz CT molecular complexity index is 1200. The number of methoxy groups -OCH3 is 1. The topological polar surface area (TPSA) is 133 Å². The Morgan fingerprint density at radius 1 is 1.22 bits per heavy atom. The van der Waals surface area contributed by atoms with Gasteiger partial charge in [0.1, 0.15) is 0 Å². The van der Waals surface area contributed by atoms with Crippen LogP contribution in [0.2, 0.25) is 0 Å². The third kappa shape index (κ3) is 5.35. The zero-order valence-corrected chi connectivity index (χ0v) is 18.5. The van der Waals surface area contributed by atoms with Crippen LogP contribution in [-0.2, 0) is 16.1 Å². The van der Waals surface area contributed by atoms with E-state index in [2.05, 4.69) is 15.8 Å². The molecular formula is C21H22N4O6S. The van der Waals surface area contributed by atoms with E-state index in [1.165, 1.54) is 36.1 Å². The first-order chi connectivity index (χ1) is 15.3. The maximum absolute atomic E-state index is 13.1. The molecule has 0 bridgehead atoms. The number of benzene rings is 1. The minimum atomic E-state index is -0.593. The fourth-order valence-electron chi connectivity index (χ4n) is 2.84. The summed E-state index contributed by atoms with van der Waals surface area (Å²) in [6.07, 6.45) is 1.34. The number of esters is 1. The van der Waals surface area contributed by atoms with Crippen LogP contribution in [0.4, 0.5) is 0 Å². The molecule has 10 nitrogen and oxygen atoms in total. The number of nitrogens with zero attached hydrogens (tertiary/aromatic N) is 2. The highest BCUT2D eigenvalue weighted by molar-refractivity contribution is 7.99. The number of carbonyl (C=O) groups excluding carboxylic acids is 3. The predicted molar refractivity (Wildman–Crippen MR) is 117 cm³/mol. The van der Waals surface area contributed by atoms with Gasteiger partial charge < -0.3 is 9.15 Å². The van der Waals surface area contributed by atoms with Gasteiger partial charge in [0, 0.05) is 6.54 Å². The van der Waals surface area contributed by atoms with Crippen molar-refractivity contribution in [2.75, 3.05) is 12.9 Å². The average molecular weight is 458 g/mol. The van der Waals surface area contributed by atoms with Crippen molar-refractivity contribution in [1.29, 1.82) is 0 Å². The highest BCUT2D eigenvalue weighted by atomic mass is 32.2.